The number of nitrogens with one attached hydrogen (secondary N) is 1. The van der Waals surface area contributed by atoms with Crippen LogP contribution in [0.25, 0.3) is 0 Å². The van der Waals surface area contributed by atoms with Gasteiger partial charge in [0.05, 0.1) is 5.75 Å². The molecule has 2 aromatic carbocycles. The average molecular weight is 349 g/mol. The van der Waals surface area contributed by atoms with Crippen molar-refractivity contribution < 1.29 is 30.7 Å². The van der Waals surface area contributed by atoms with Gasteiger partial charge in [-0.3, -0.25) is 4.72 Å². The smallest absolute Gasteiger partial charge is 0.406 e. The fourth-order valence-corrected chi connectivity index (χ4v) is 2.97. The van der Waals surface area contributed by atoms with Gasteiger partial charge in [0.2, 0.25) is 10.0 Å². The Balaban J connectivity index is 2.07. The van der Waals surface area contributed by atoms with Gasteiger partial charge in [-0.1, -0.05) is 18.2 Å². The zero-order chi connectivity index (χ0) is 17.1. The van der Waals surface area contributed by atoms with E-state index < -0.39 is 33.7 Å². The lowest BCUT2D eigenvalue weighted by Crippen LogP contribution is -2.17. The van der Waals surface area contributed by atoms with E-state index in [-0.39, 0.29) is 11.3 Å². The lowest BCUT2D eigenvalue weighted by atomic mass is 10.2. The molecule has 2 aromatic rings. The largest absolute Gasteiger partial charge is 0.573 e. The summed E-state index contributed by atoms with van der Waals surface area (Å²) in [5, 5.41) is 0. The molecule has 0 heterocycles. The van der Waals surface area contributed by atoms with E-state index in [0.29, 0.717) is 0 Å². The molecule has 1 N–H and O–H groups in total. The quantitative estimate of drug-likeness (QED) is 0.838. The van der Waals surface area contributed by atoms with Gasteiger partial charge in [-0.2, -0.15) is 0 Å². The minimum Gasteiger partial charge on any atom is -0.406 e. The molecule has 0 aliphatic carbocycles. The molecule has 0 amide bonds. The summed E-state index contributed by atoms with van der Waals surface area (Å²) in [7, 11) is -3.91. The van der Waals surface area contributed by atoms with Gasteiger partial charge in [-0.05, 0) is 30.3 Å². The molecule has 0 atom stereocenters. The van der Waals surface area contributed by atoms with Crippen LogP contribution in [0.15, 0.2) is 48.5 Å². The minimum absolute atomic E-state index is 0.0166. The number of benzene rings is 2. The third kappa shape index (κ3) is 5.44. The molecule has 0 fully saturated rings. The molecule has 0 aliphatic rings. The maximum atomic E-state index is 13.5. The Labute approximate surface area is 129 Å². The van der Waals surface area contributed by atoms with Gasteiger partial charge in [0.25, 0.3) is 0 Å². The third-order valence-electron chi connectivity index (χ3n) is 2.66. The molecule has 124 valence electrons. The lowest BCUT2D eigenvalue weighted by Gasteiger charge is -2.11. The Kier molecular flexibility index (Phi) is 4.79. The zero-order valence-corrected chi connectivity index (χ0v) is 12.3. The first-order valence-electron chi connectivity index (χ1n) is 6.24. The Hall–Kier alpha value is -2.29. The van der Waals surface area contributed by atoms with Crippen LogP contribution in [0.2, 0.25) is 0 Å². The summed E-state index contributed by atoms with van der Waals surface area (Å²) in [4.78, 5) is 0. The highest BCUT2D eigenvalue weighted by molar-refractivity contribution is 7.91. The van der Waals surface area contributed by atoms with Crippen LogP contribution in [0.3, 0.4) is 0 Å². The maximum absolute atomic E-state index is 13.5. The van der Waals surface area contributed by atoms with E-state index in [0.717, 1.165) is 30.3 Å². The van der Waals surface area contributed by atoms with E-state index in [9.17, 15) is 26.0 Å². The van der Waals surface area contributed by atoms with Gasteiger partial charge in [-0.15, -0.1) is 13.2 Å². The van der Waals surface area contributed by atoms with Crippen LogP contribution in [-0.4, -0.2) is 14.8 Å². The van der Waals surface area contributed by atoms with E-state index >= 15 is 0 Å². The predicted molar refractivity (Wildman–Crippen MR) is 75.8 cm³/mol. The Morgan fingerprint density at radius 3 is 2.17 bits per heavy atom. The van der Waals surface area contributed by atoms with Crippen molar-refractivity contribution in [3.05, 3.63) is 59.9 Å². The van der Waals surface area contributed by atoms with Crippen LogP contribution in [0.1, 0.15) is 5.56 Å². The first-order chi connectivity index (χ1) is 10.6. The highest BCUT2D eigenvalue weighted by Crippen LogP contribution is 2.24. The van der Waals surface area contributed by atoms with Gasteiger partial charge in [0, 0.05) is 11.3 Å². The van der Waals surface area contributed by atoms with Crippen LogP contribution < -0.4 is 9.46 Å². The molecule has 0 saturated carbocycles. The topological polar surface area (TPSA) is 55.4 Å². The average Bonchev–Trinajstić information content (AvgIpc) is 2.41. The van der Waals surface area contributed by atoms with E-state index in [4.69, 9.17) is 0 Å². The van der Waals surface area contributed by atoms with Crippen LogP contribution in [0.4, 0.5) is 23.2 Å². The molecular formula is C14H11F4NO3S. The summed E-state index contributed by atoms with van der Waals surface area (Å²) >= 11 is 0. The number of halogens is 4. The number of hydrogen-bond acceptors (Lipinski definition) is 3. The van der Waals surface area contributed by atoms with Crippen molar-refractivity contribution in [1.82, 2.24) is 0 Å². The second-order valence-corrected chi connectivity index (χ2v) is 6.25. The summed E-state index contributed by atoms with van der Waals surface area (Å²) < 4.78 is 79.2. The zero-order valence-electron chi connectivity index (χ0n) is 11.5. The molecule has 9 heteroatoms. The van der Waals surface area contributed by atoms with E-state index in [1.54, 1.807) is 0 Å². The van der Waals surface area contributed by atoms with Crippen molar-refractivity contribution in [2.45, 2.75) is 12.1 Å². The summed E-state index contributed by atoms with van der Waals surface area (Å²) in [6.07, 6.45) is -4.83. The SMILES string of the molecule is O=S(=O)(Cc1ccccc1F)Nc1ccc(OC(F)(F)F)cc1. The van der Waals surface area contributed by atoms with Gasteiger partial charge in [0.15, 0.2) is 0 Å². The van der Waals surface area contributed by atoms with Gasteiger partial charge in [0.1, 0.15) is 11.6 Å². The molecule has 4 nitrogen and oxygen atoms in total. The van der Waals surface area contributed by atoms with E-state index in [2.05, 4.69) is 9.46 Å². The number of ether oxygens (including phenoxy) is 1. The molecule has 0 unspecified atom stereocenters. The lowest BCUT2D eigenvalue weighted by molar-refractivity contribution is -0.274. The fourth-order valence-electron chi connectivity index (χ4n) is 1.76. The maximum Gasteiger partial charge on any atom is 0.573 e. The first kappa shape index (κ1) is 17.1. The molecule has 0 saturated heterocycles. The van der Waals surface area contributed by atoms with E-state index in [1.165, 1.54) is 18.2 Å². The van der Waals surface area contributed by atoms with Crippen molar-refractivity contribution >= 4 is 15.7 Å². The Morgan fingerprint density at radius 2 is 1.61 bits per heavy atom. The summed E-state index contributed by atoms with van der Waals surface area (Å²) in [6, 6.07) is 9.54. The minimum atomic E-state index is -4.83. The summed E-state index contributed by atoms with van der Waals surface area (Å²) in [5.41, 5.74) is 0.0212. The number of sulfonamides is 1. The van der Waals surface area contributed by atoms with E-state index in [1.807, 2.05) is 0 Å². The molecule has 23 heavy (non-hydrogen) atoms. The van der Waals surface area contributed by atoms with Crippen molar-refractivity contribution in [1.29, 1.82) is 0 Å². The van der Waals surface area contributed by atoms with Crippen molar-refractivity contribution in [2.24, 2.45) is 0 Å². The molecule has 0 aromatic heterocycles. The van der Waals surface area contributed by atoms with Crippen LogP contribution in [-0.2, 0) is 15.8 Å². The monoisotopic (exact) mass is 349 g/mol. The van der Waals surface area contributed by atoms with Crippen LogP contribution >= 0.6 is 0 Å². The number of hydrogen-bond donors (Lipinski definition) is 1. The summed E-state index contributed by atoms with van der Waals surface area (Å²) in [5.74, 6) is -1.73. The first-order valence-corrected chi connectivity index (χ1v) is 7.89. The number of anilines is 1. The van der Waals surface area contributed by atoms with Gasteiger partial charge >= 0.3 is 6.36 Å². The highest BCUT2D eigenvalue weighted by atomic mass is 32.2. The molecular weight excluding hydrogens is 338 g/mol. The highest BCUT2D eigenvalue weighted by Gasteiger charge is 2.31. The van der Waals surface area contributed by atoms with Crippen LogP contribution in [0, 0.1) is 5.82 Å². The van der Waals surface area contributed by atoms with Crippen molar-refractivity contribution in [3.8, 4) is 5.75 Å². The molecule has 0 bridgehead atoms. The van der Waals surface area contributed by atoms with Gasteiger partial charge in [-0.25, -0.2) is 12.8 Å². The molecule has 0 radical (unpaired) electrons. The Morgan fingerprint density at radius 1 is 1.00 bits per heavy atom. The molecule has 2 rings (SSSR count). The molecule has 0 aliphatic heterocycles. The number of rotatable bonds is 5. The predicted octanol–water partition coefficient (Wildman–Crippen LogP) is 3.67. The third-order valence-corrected chi connectivity index (χ3v) is 3.90. The van der Waals surface area contributed by atoms with Crippen molar-refractivity contribution in [3.63, 3.8) is 0 Å². The second-order valence-electron chi connectivity index (χ2n) is 4.52. The van der Waals surface area contributed by atoms with Crippen LogP contribution in [0.5, 0.6) is 5.75 Å². The standard InChI is InChI=1S/C14H11F4NO3S/c15-13-4-2-1-3-10(13)9-23(20,21)19-11-5-7-12(8-6-11)22-14(16,17)18/h1-8,19H,9H2. The number of alkyl halides is 3. The van der Waals surface area contributed by atoms with Gasteiger partial charge < -0.3 is 4.74 Å². The van der Waals surface area contributed by atoms with Crippen molar-refractivity contribution in [2.75, 3.05) is 4.72 Å². The molecule has 0 spiro atoms. The summed E-state index contributed by atoms with van der Waals surface area (Å²) in [6.45, 7) is 0. The Bertz CT molecular complexity index is 773. The second kappa shape index (κ2) is 6.45. The normalized spacial score (nSPS) is 12.0. The fraction of sp³-hybridized carbons (Fsp3) is 0.143.